The zero-order valence-electron chi connectivity index (χ0n) is 18.0. The molecule has 0 unspecified atom stereocenters. The van der Waals surface area contributed by atoms with Crippen LogP contribution < -0.4 is 11.2 Å². The fourth-order valence-corrected chi connectivity index (χ4v) is 3.45. The number of nitrogens with one attached hydrogen (secondary N) is 1. The Morgan fingerprint density at radius 3 is 2.69 bits per heavy atom. The number of piperazine rings is 1. The zero-order valence-corrected chi connectivity index (χ0v) is 18.0. The van der Waals surface area contributed by atoms with Crippen LogP contribution in [0.2, 0.25) is 0 Å². The van der Waals surface area contributed by atoms with E-state index >= 15 is 0 Å². The minimum absolute atomic E-state index is 0.0398. The van der Waals surface area contributed by atoms with E-state index in [1.165, 1.54) is 4.68 Å². The van der Waals surface area contributed by atoms with Crippen LogP contribution in [0.4, 0.5) is 5.82 Å². The molecule has 3 aromatic rings. The molecule has 0 saturated carbocycles. The van der Waals surface area contributed by atoms with Crippen LogP contribution in [0.1, 0.15) is 34.6 Å². The number of rotatable bonds is 7. The van der Waals surface area contributed by atoms with E-state index in [1.54, 1.807) is 6.21 Å². The summed E-state index contributed by atoms with van der Waals surface area (Å²) < 4.78 is 6.10. The minimum atomic E-state index is -0.466. The normalized spacial score (nSPS) is 16.4. The van der Waals surface area contributed by atoms with Crippen molar-refractivity contribution in [2.75, 3.05) is 39.0 Å². The summed E-state index contributed by atoms with van der Waals surface area (Å²) in [5.41, 5.74) is 10.2. The number of benzene rings is 1. The molecule has 1 aliphatic rings. The quantitative estimate of drug-likeness (QED) is 0.398. The number of nitrogens with two attached hydrogens (primary N) is 1. The van der Waals surface area contributed by atoms with Crippen LogP contribution in [0.3, 0.4) is 0 Å². The number of hydrogen-bond donors (Lipinski definition) is 2. The van der Waals surface area contributed by atoms with Gasteiger partial charge in [0.05, 0.1) is 5.69 Å². The molecule has 168 valence electrons. The van der Waals surface area contributed by atoms with Crippen LogP contribution >= 0.6 is 0 Å². The van der Waals surface area contributed by atoms with Crippen molar-refractivity contribution in [2.45, 2.75) is 19.4 Å². The Morgan fingerprint density at radius 2 is 2.00 bits per heavy atom. The van der Waals surface area contributed by atoms with Gasteiger partial charge in [-0.25, -0.2) is 10.1 Å². The highest BCUT2D eigenvalue weighted by molar-refractivity contribution is 5.93. The number of carbonyl (C=O) groups is 1. The topological polar surface area (TPSA) is 144 Å². The van der Waals surface area contributed by atoms with E-state index in [0.717, 1.165) is 31.7 Å². The van der Waals surface area contributed by atoms with Gasteiger partial charge in [-0.2, -0.15) is 9.78 Å². The maximum atomic E-state index is 12.9. The number of carbonyl (C=O) groups excluding carboxylic acids is 1. The molecule has 0 bridgehead atoms. The minimum Gasteiger partial charge on any atom is -0.378 e. The molecule has 1 aromatic carbocycles. The summed E-state index contributed by atoms with van der Waals surface area (Å²) in [7, 11) is 2.08. The third kappa shape index (κ3) is 4.81. The number of likely N-dealkylation sites (N-methyl/N-ethyl adjacent to an activating group) is 1. The van der Waals surface area contributed by atoms with Gasteiger partial charge in [0, 0.05) is 44.9 Å². The number of nitrogen functional groups attached to an aromatic ring is 1. The molecule has 1 amide bonds. The third-order valence-electron chi connectivity index (χ3n) is 5.43. The molecular weight excluding hydrogens is 412 g/mol. The van der Waals surface area contributed by atoms with Crippen LogP contribution in [0.5, 0.6) is 0 Å². The molecule has 0 aliphatic carbocycles. The van der Waals surface area contributed by atoms with Crippen LogP contribution in [0.15, 0.2) is 40.1 Å². The highest BCUT2D eigenvalue weighted by Crippen LogP contribution is 2.18. The van der Waals surface area contributed by atoms with E-state index in [1.807, 2.05) is 37.3 Å². The summed E-state index contributed by atoms with van der Waals surface area (Å²) in [6, 6.07) is 9.90. The van der Waals surface area contributed by atoms with E-state index in [9.17, 15) is 4.79 Å². The van der Waals surface area contributed by atoms with Gasteiger partial charge in [0.1, 0.15) is 0 Å². The molecule has 0 spiro atoms. The molecular formula is C20H26N10O2. The Labute approximate surface area is 185 Å². The average molecular weight is 438 g/mol. The first-order valence-electron chi connectivity index (χ1n) is 10.3. The van der Waals surface area contributed by atoms with Gasteiger partial charge in [0.25, 0.3) is 5.91 Å². The Hall–Kier alpha value is -3.64. The predicted molar refractivity (Wildman–Crippen MR) is 117 cm³/mol. The zero-order chi connectivity index (χ0) is 22.5. The number of hydrogen-bond acceptors (Lipinski definition) is 10. The molecule has 1 saturated heterocycles. The fraction of sp³-hybridized carbons (Fsp3) is 0.400. The van der Waals surface area contributed by atoms with E-state index in [0.29, 0.717) is 12.2 Å². The average Bonchev–Trinajstić information content (AvgIpc) is 3.41. The number of aromatic nitrogens is 5. The lowest BCUT2D eigenvalue weighted by atomic mass is 10.0. The van der Waals surface area contributed by atoms with Gasteiger partial charge >= 0.3 is 0 Å². The van der Waals surface area contributed by atoms with Crippen molar-refractivity contribution < 1.29 is 9.42 Å². The summed E-state index contributed by atoms with van der Waals surface area (Å²) in [5, 5.41) is 19.7. The van der Waals surface area contributed by atoms with Crippen molar-refractivity contribution in [3.05, 3.63) is 47.3 Å². The van der Waals surface area contributed by atoms with Gasteiger partial charge in [-0.05, 0) is 22.9 Å². The Kier molecular flexibility index (Phi) is 6.52. The lowest BCUT2D eigenvalue weighted by Crippen LogP contribution is -2.44. The second kappa shape index (κ2) is 9.66. The van der Waals surface area contributed by atoms with E-state index in [-0.39, 0.29) is 23.2 Å². The standard InChI is InChI=1S/C20H26N10O2/c1-14(15-6-4-3-5-7-15)12-22-24-20(31)17-16(13-29-10-8-28(2)9-11-29)30(27-23-17)19-18(21)25-32-26-19/h3-7,12,14H,8-11,13H2,1-2H3,(H2,21,25)(H,24,31)/b22-12-/t14-/m0/s1. The van der Waals surface area contributed by atoms with Gasteiger partial charge in [0.2, 0.25) is 11.6 Å². The Balaban J connectivity index is 1.53. The smallest absolute Gasteiger partial charge is 0.293 e. The molecule has 1 fully saturated rings. The molecule has 1 aliphatic heterocycles. The van der Waals surface area contributed by atoms with Crippen molar-refractivity contribution in [2.24, 2.45) is 5.10 Å². The Bertz CT molecular complexity index is 1070. The molecule has 32 heavy (non-hydrogen) atoms. The first-order valence-corrected chi connectivity index (χ1v) is 10.3. The van der Waals surface area contributed by atoms with E-state index in [2.05, 4.69) is 48.0 Å². The molecule has 3 N–H and O–H groups in total. The number of amides is 1. The number of anilines is 1. The van der Waals surface area contributed by atoms with Crippen molar-refractivity contribution >= 4 is 17.9 Å². The highest BCUT2D eigenvalue weighted by atomic mass is 16.6. The second-order valence-corrected chi connectivity index (χ2v) is 7.77. The van der Waals surface area contributed by atoms with Gasteiger partial charge in [0.15, 0.2) is 5.69 Å². The molecule has 2 aromatic heterocycles. The monoisotopic (exact) mass is 438 g/mol. The van der Waals surface area contributed by atoms with Crippen molar-refractivity contribution in [1.29, 1.82) is 0 Å². The summed E-state index contributed by atoms with van der Waals surface area (Å²) in [5.74, 6) is -0.164. The molecule has 0 radical (unpaired) electrons. The summed E-state index contributed by atoms with van der Waals surface area (Å²) >= 11 is 0. The third-order valence-corrected chi connectivity index (χ3v) is 5.43. The van der Waals surface area contributed by atoms with E-state index < -0.39 is 5.91 Å². The van der Waals surface area contributed by atoms with Gasteiger partial charge in [-0.15, -0.1) is 5.10 Å². The van der Waals surface area contributed by atoms with Gasteiger partial charge in [-0.1, -0.05) is 42.5 Å². The highest BCUT2D eigenvalue weighted by Gasteiger charge is 2.26. The van der Waals surface area contributed by atoms with Crippen molar-refractivity contribution in [3.63, 3.8) is 0 Å². The summed E-state index contributed by atoms with van der Waals surface area (Å²) in [6.07, 6.45) is 1.68. The molecule has 4 rings (SSSR count). The number of hydrazone groups is 1. The van der Waals surface area contributed by atoms with E-state index in [4.69, 9.17) is 10.4 Å². The molecule has 1 atom stereocenters. The molecule has 12 heteroatoms. The predicted octanol–water partition coefficient (Wildman–Crippen LogP) is 0.499. The van der Waals surface area contributed by atoms with Crippen LogP contribution in [0, 0.1) is 0 Å². The number of nitrogens with zero attached hydrogens (tertiary/aromatic N) is 8. The van der Waals surface area contributed by atoms with Crippen LogP contribution in [0.25, 0.3) is 5.82 Å². The van der Waals surface area contributed by atoms with Gasteiger partial charge < -0.3 is 10.6 Å². The lowest BCUT2D eigenvalue weighted by molar-refractivity contribution is 0.0945. The maximum absolute atomic E-state index is 12.9. The SMILES string of the molecule is C[C@@H](/C=N\NC(=O)c1nnn(-c2nonc2N)c1CN1CCN(C)CC1)c1ccccc1. The summed E-state index contributed by atoms with van der Waals surface area (Å²) in [4.78, 5) is 17.4. The van der Waals surface area contributed by atoms with Gasteiger partial charge in [-0.3, -0.25) is 9.69 Å². The second-order valence-electron chi connectivity index (χ2n) is 7.77. The van der Waals surface area contributed by atoms with Crippen LogP contribution in [-0.4, -0.2) is 80.5 Å². The first-order chi connectivity index (χ1) is 15.5. The maximum Gasteiger partial charge on any atom is 0.293 e. The van der Waals surface area contributed by atoms with Crippen molar-refractivity contribution in [1.82, 2.24) is 40.5 Å². The largest absolute Gasteiger partial charge is 0.378 e. The Morgan fingerprint density at radius 1 is 1.25 bits per heavy atom. The van der Waals surface area contributed by atoms with Crippen molar-refractivity contribution in [3.8, 4) is 5.82 Å². The lowest BCUT2D eigenvalue weighted by Gasteiger charge is -2.32. The first kappa shape index (κ1) is 21.6. The molecule has 3 heterocycles. The van der Waals surface area contributed by atoms with Crippen LogP contribution in [-0.2, 0) is 6.54 Å². The fourth-order valence-electron chi connectivity index (χ4n) is 3.45. The molecule has 12 nitrogen and oxygen atoms in total. The summed E-state index contributed by atoms with van der Waals surface area (Å²) in [6.45, 7) is 6.00.